The molecule has 2 fully saturated rings. The number of anilines is 1. The molecule has 0 spiro atoms. The average molecular weight is 530 g/mol. The van der Waals surface area contributed by atoms with E-state index >= 15 is 0 Å². The van der Waals surface area contributed by atoms with Gasteiger partial charge < -0.3 is 15.2 Å². The molecule has 0 bridgehead atoms. The SMILES string of the molecule is CC(C)N1C[C@H](F)[C@H](Nc2cccc3c(SC(F)(F)F)c(-c4noc([C@H]5CCC(=O)N5)n4)sc23)C1. The molecule has 1 aromatic carbocycles. The molecule has 0 aliphatic carbocycles. The second-order valence-electron chi connectivity index (χ2n) is 8.92. The zero-order chi connectivity index (χ0) is 24.9. The third kappa shape index (κ3) is 4.98. The first-order chi connectivity index (χ1) is 16.6. The van der Waals surface area contributed by atoms with Crippen LogP contribution in [0, 0.1) is 0 Å². The Morgan fingerprint density at radius 3 is 2.77 bits per heavy atom. The van der Waals surface area contributed by atoms with Crippen molar-refractivity contribution >= 4 is 44.8 Å². The monoisotopic (exact) mass is 529 g/mol. The molecule has 0 unspecified atom stereocenters. The Morgan fingerprint density at radius 1 is 1.31 bits per heavy atom. The summed E-state index contributed by atoms with van der Waals surface area (Å²) in [5.74, 6) is 0.0367. The molecule has 3 aromatic rings. The summed E-state index contributed by atoms with van der Waals surface area (Å²) in [6.45, 7) is 4.80. The highest BCUT2D eigenvalue weighted by atomic mass is 32.2. The highest BCUT2D eigenvalue weighted by Gasteiger charge is 2.37. The highest BCUT2D eigenvalue weighted by Crippen LogP contribution is 2.50. The second kappa shape index (κ2) is 9.25. The first-order valence-corrected chi connectivity index (χ1v) is 12.8. The van der Waals surface area contributed by atoms with Gasteiger partial charge in [-0.1, -0.05) is 17.3 Å². The molecule has 2 aromatic heterocycles. The number of fused-ring (bicyclic) bond motifs is 1. The smallest absolute Gasteiger partial charge is 0.377 e. The summed E-state index contributed by atoms with van der Waals surface area (Å²) >= 11 is 0.866. The van der Waals surface area contributed by atoms with Gasteiger partial charge >= 0.3 is 5.51 Å². The number of thioether (sulfide) groups is 1. The van der Waals surface area contributed by atoms with E-state index in [1.807, 2.05) is 18.7 Å². The van der Waals surface area contributed by atoms with Crippen molar-refractivity contribution in [2.75, 3.05) is 18.4 Å². The molecule has 2 N–H and O–H groups in total. The van der Waals surface area contributed by atoms with E-state index in [0.717, 1.165) is 11.3 Å². The number of hydrogen-bond donors (Lipinski definition) is 2. The van der Waals surface area contributed by atoms with Gasteiger partial charge in [0.05, 0.1) is 21.3 Å². The van der Waals surface area contributed by atoms with Gasteiger partial charge in [-0.2, -0.15) is 18.2 Å². The van der Waals surface area contributed by atoms with Crippen molar-refractivity contribution in [3.05, 3.63) is 24.1 Å². The van der Waals surface area contributed by atoms with Gasteiger partial charge in [0.1, 0.15) is 12.2 Å². The van der Waals surface area contributed by atoms with E-state index < -0.39 is 23.8 Å². The van der Waals surface area contributed by atoms with Crippen molar-refractivity contribution < 1.29 is 26.9 Å². The molecule has 188 valence electrons. The summed E-state index contributed by atoms with van der Waals surface area (Å²) in [7, 11) is 0. The Hall–Kier alpha value is -2.38. The molecule has 7 nitrogen and oxygen atoms in total. The minimum absolute atomic E-state index is 0.0234. The summed E-state index contributed by atoms with van der Waals surface area (Å²) in [4.78, 5) is 18.0. The van der Waals surface area contributed by atoms with Crippen LogP contribution in [0.2, 0.25) is 0 Å². The van der Waals surface area contributed by atoms with Gasteiger partial charge in [-0.25, -0.2) is 4.39 Å². The normalized spacial score (nSPS) is 23.5. The van der Waals surface area contributed by atoms with E-state index in [9.17, 15) is 22.4 Å². The van der Waals surface area contributed by atoms with E-state index in [1.54, 1.807) is 18.2 Å². The Morgan fingerprint density at radius 2 is 2.11 bits per heavy atom. The van der Waals surface area contributed by atoms with Crippen LogP contribution in [-0.4, -0.2) is 57.8 Å². The maximum Gasteiger partial charge on any atom is 0.446 e. The number of halogens is 4. The van der Waals surface area contributed by atoms with Crippen molar-refractivity contribution in [1.82, 2.24) is 20.4 Å². The van der Waals surface area contributed by atoms with E-state index in [-0.39, 0.29) is 45.2 Å². The van der Waals surface area contributed by atoms with Crippen LogP contribution in [0.4, 0.5) is 23.2 Å². The summed E-state index contributed by atoms with van der Waals surface area (Å²) in [6.07, 6.45) is -0.303. The van der Waals surface area contributed by atoms with Crippen molar-refractivity contribution in [3.8, 4) is 10.7 Å². The summed E-state index contributed by atoms with van der Waals surface area (Å²) < 4.78 is 61.1. The summed E-state index contributed by atoms with van der Waals surface area (Å²) in [6, 6.07) is 4.26. The topological polar surface area (TPSA) is 83.3 Å². The number of likely N-dealkylation sites (tertiary alicyclic amines) is 1. The Labute approximate surface area is 206 Å². The van der Waals surface area contributed by atoms with Gasteiger partial charge in [0.2, 0.25) is 17.6 Å². The maximum absolute atomic E-state index is 14.7. The Balaban J connectivity index is 1.52. The van der Waals surface area contributed by atoms with Gasteiger partial charge in [-0.05, 0) is 38.1 Å². The predicted molar refractivity (Wildman–Crippen MR) is 126 cm³/mol. The third-order valence-corrected chi connectivity index (χ3v) is 8.40. The third-order valence-electron chi connectivity index (χ3n) is 6.17. The van der Waals surface area contributed by atoms with Crippen molar-refractivity contribution in [1.29, 1.82) is 0 Å². The van der Waals surface area contributed by atoms with E-state index in [0.29, 0.717) is 41.7 Å². The number of hydrogen-bond acceptors (Lipinski definition) is 8. The van der Waals surface area contributed by atoms with E-state index in [2.05, 4.69) is 20.8 Å². The maximum atomic E-state index is 14.7. The molecule has 2 aliphatic heterocycles. The van der Waals surface area contributed by atoms with E-state index in [1.165, 1.54) is 0 Å². The number of rotatable bonds is 6. The molecule has 4 heterocycles. The summed E-state index contributed by atoms with van der Waals surface area (Å²) in [5.41, 5.74) is -3.97. The molecule has 0 radical (unpaired) electrons. The second-order valence-corrected chi connectivity index (χ2v) is 11.0. The Bertz CT molecular complexity index is 1240. The van der Waals surface area contributed by atoms with Crippen LogP contribution in [0.25, 0.3) is 20.8 Å². The van der Waals surface area contributed by atoms with Crippen LogP contribution in [0.3, 0.4) is 0 Å². The fourth-order valence-electron chi connectivity index (χ4n) is 4.39. The van der Waals surface area contributed by atoms with Crippen molar-refractivity contribution in [2.24, 2.45) is 0 Å². The predicted octanol–water partition coefficient (Wildman–Crippen LogP) is 5.36. The molecule has 35 heavy (non-hydrogen) atoms. The minimum Gasteiger partial charge on any atom is -0.377 e. The fourth-order valence-corrected chi connectivity index (χ4v) is 6.50. The molecule has 3 atom stereocenters. The minimum atomic E-state index is -4.54. The average Bonchev–Trinajstić information content (AvgIpc) is 3.55. The zero-order valence-corrected chi connectivity index (χ0v) is 20.5. The number of amides is 1. The first kappa shape index (κ1) is 24.3. The fraction of sp³-hybridized carbons (Fsp3) is 0.500. The lowest BCUT2D eigenvalue weighted by Crippen LogP contribution is -2.31. The van der Waals surface area contributed by atoms with Crippen LogP contribution < -0.4 is 10.6 Å². The number of carbonyl (C=O) groups excluding carboxylic acids is 1. The molecule has 5 rings (SSSR count). The van der Waals surface area contributed by atoms with Gasteiger partial charge in [0.15, 0.2) is 0 Å². The molecule has 0 saturated carbocycles. The molecule has 13 heteroatoms. The lowest BCUT2D eigenvalue weighted by Gasteiger charge is -2.20. The highest BCUT2D eigenvalue weighted by molar-refractivity contribution is 8.00. The lowest BCUT2D eigenvalue weighted by molar-refractivity contribution is -0.119. The van der Waals surface area contributed by atoms with Crippen molar-refractivity contribution in [2.45, 2.75) is 61.4 Å². The van der Waals surface area contributed by atoms with Crippen LogP contribution in [0.1, 0.15) is 38.6 Å². The zero-order valence-electron chi connectivity index (χ0n) is 18.9. The number of thiophene rings is 1. The van der Waals surface area contributed by atoms with Crippen LogP contribution in [-0.2, 0) is 4.79 Å². The van der Waals surface area contributed by atoms with Crippen LogP contribution >= 0.6 is 23.1 Å². The number of alkyl halides is 4. The first-order valence-electron chi connectivity index (χ1n) is 11.2. The number of carbonyl (C=O) groups is 1. The van der Waals surface area contributed by atoms with E-state index in [4.69, 9.17) is 4.52 Å². The molecule has 2 saturated heterocycles. The largest absolute Gasteiger partial charge is 0.446 e. The molecule has 2 aliphatic rings. The number of benzene rings is 1. The lowest BCUT2D eigenvalue weighted by atomic mass is 10.2. The standard InChI is InChI=1S/C22H23F4N5O2S2/c1-10(2)31-8-12(23)15(9-31)27-13-5-3-4-11-17(13)34-19(18(11)35-22(24,25)26)20-29-21(33-30-20)14-6-7-16(32)28-14/h3-5,10,12,14-15,27H,6-9H2,1-2H3,(H,28,32)/t12-,14+,15+/m0/s1. The van der Waals surface area contributed by atoms with Crippen molar-refractivity contribution in [3.63, 3.8) is 0 Å². The van der Waals surface area contributed by atoms with Crippen LogP contribution in [0.5, 0.6) is 0 Å². The van der Waals surface area contributed by atoms with Gasteiger partial charge in [0, 0.05) is 35.8 Å². The quantitative estimate of drug-likeness (QED) is 0.329. The molecular formula is C22H23F4N5O2S2. The van der Waals surface area contributed by atoms with Gasteiger partial charge in [0.25, 0.3) is 0 Å². The van der Waals surface area contributed by atoms with Gasteiger partial charge in [-0.15, -0.1) is 11.3 Å². The number of nitrogens with zero attached hydrogens (tertiary/aromatic N) is 3. The van der Waals surface area contributed by atoms with Crippen LogP contribution in [0.15, 0.2) is 27.6 Å². The van der Waals surface area contributed by atoms with Gasteiger partial charge in [-0.3, -0.25) is 9.69 Å². The molecular weight excluding hydrogens is 506 g/mol. The summed E-state index contributed by atoms with van der Waals surface area (Å²) in [5, 5.41) is 10.2. The number of nitrogens with one attached hydrogen (secondary N) is 2. The number of aromatic nitrogens is 2. The Kier molecular flexibility index (Phi) is 6.43. The molecule has 1 amide bonds.